The maximum atomic E-state index is 12.4. The lowest BCUT2D eigenvalue weighted by Gasteiger charge is -2.28. The molecule has 0 saturated carbocycles. The van der Waals surface area contributed by atoms with Crippen molar-refractivity contribution in [3.63, 3.8) is 0 Å². The van der Waals surface area contributed by atoms with Crippen molar-refractivity contribution in [1.82, 2.24) is 9.21 Å². The minimum Gasteiger partial charge on any atom is -0.484 e. The van der Waals surface area contributed by atoms with E-state index in [1.165, 1.54) is 28.7 Å². The van der Waals surface area contributed by atoms with Crippen LogP contribution in [0.2, 0.25) is 0 Å². The molecule has 0 fully saturated rings. The number of amides is 1. The zero-order valence-electron chi connectivity index (χ0n) is 15.6. The van der Waals surface area contributed by atoms with Gasteiger partial charge in [-0.05, 0) is 35.2 Å². The lowest BCUT2D eigenvalue weighted by molar-refractivity contribution is -0.134. The fourth-order valence-electron chi connectivity index (χ4n) is 3.01. The highest BCUT2D eigenvalue weighted by Gasteiger charge is 2.20. The van der Waals surface area contributed by atoms with Crippen molar-refractivity contribution in [2.45, 2.75) is 19.5 Å². The van der Waals surface area contributed by atoms with Gasteiger partial charge in [0.15, 0.2) is 6.61 Å². The van der Waals surface area contributed by atoms with Gasteiger partial charge < -0.3 is 9.64 Å². The van der Waals surface area contributed by atoms with Gasteiger partial charge in [0.25, 0.3) is 5.91 Å². The summed E-state index contributed by atoms with van der Waals surface area (Å²) < 4.78 is 29.8. The van der Waals surface area contributed by atoms with Crippen molar-refractivity contribution in [3.05, 3.63) is 65.2 Å². The Morgan fingerprint density at radius 2 is 1.78 bits per heavy atom. The molecule has 0 atom stereocenters. The molecule has 144 valence electrons. The summed E-state index contributed by atoms with van der Waals surface area (Å²) in [7, 11) is -1.68. The molecular weight excluding hydrogens is 364 g/mol. The third kappa shape index (κ3) is 5.08. The summed E-state index contributed by atoms with van der Waals surface area (Å²) in [6, 6.07) is 15.3. The van der Waals surface area contributed by atoms with Gasteiger partial charge in [-0.15, -0.1) is 0 Å². The Balaban J connectivity index is 1.52. The number of carbonyl (C=O) groups excluding carboxylic acids is 1. The summed E-state index contributed by atoms with van der Waals surface area (Å²) in [6.07, 6.45) is 2.04. The van der Waals surface area contributed by atoms with Crippen LogP contribution < -0.4 is 4.74 Å². The second kappa shape index (κ2) is 8.10. The number of hydrogen-bond acceptors (Lipinski definition) is 4. The van der Waals surface area contributed by atoms with E-state index in [1.807, 2.05) is 17.0 Å². The van der Waals surface area contributed by atoms with Gasteiger partial charge >= 0.3 is 0 Å². The molecule has 0 unspecified atom stereocenters. The molecule has 2 aromatic carbocycles. The fourth-order valence-corrected chi connectivity index (χ4v) is 3.39. The number of carbonyl (C=O) groups is 1. The number of ether oxygens (including phenoxy) is 1. The monoisotopic (exact) mass is 388 g/mol. The number of benzene rings is 2. The molecule has 0 radical (unpaired) electrons. The number of hydrogen-bond donors (Lipinski definition) is 0. The standard InChI is InChI=1S/C20H24N2O4S/c1-21(27(2,24)25)13-16-7-9-19(10-8-16)26-15-20(23)22-12-11-17-5-3-4-6-18(17)14-22/h3-10H,11-15H2,1-2H3. The summed E-state index contributed by atoms with van der Waals surface area (Å²) >= 11 is 0. The maximum Gasteiger partial charge on any atom is 0.260 e. The molecule has 0 aliphatic carbocycles. The summed E-state index contributed by atoms with van der Waals surface area (Å²) in [4.78, 5) is 14.2. The molecule has 27 heavy (non-hydrogen) atoms. The number of fused-ring (bicyclic) bond motifs is 1. The Labute approximate surface area is 160 Å². The highest BCUT2D eigenvalue weighted by molar-refractivity contribution is 7.88. The Bertz CT molecular complexity index is 910. The van der Waals surface area contributed by atoms with E-state index in [-0.39, 0.29) is 12.5 Å². The van der Waals surface area contributed by atoms with Crippen LogP contribution in [0.1, 0.15) is 16.7 Å². The van der Waals surface area contributed by atoms with Gasteiger partial charge in [-0.25, -0.2) is 12.7 Å². The summed E-state index contributed by atoms with van der Waals surface area (Å²) in [5.74, 6) is 0.553. The van der Waals surface area contributed by atoms with Crippen LogP contribution in [0.4, 0.5) is 0 Å². The van der Waals surface area contributed by atoms with Gasteiger partial charge in [-0.1, -0.05) is 36.4 Å². The molecule has 3 rings (SSSR count). The summed E-state index contributed by atoms with van der Waals surface area (Å²) in [5, 5.41) is 0. The van der Waals surface area contributed by atoms with E-state index in [0.29, 0.717) is 25.4 Å². The van der Waals surface area contributed by atoms with Gasteiger partial charge in [0, 0.05) is 26.7 Å². The maximum absolute atomic E-state index is 12.4. The van der Waals surface area contributed by atoms with Gasteiger partial charge in [0.05, 0.1) is 6.26 Å². The molecule has 0 saturated heterocycles. The predicted octanol–water partition coefficient (Wildman–Crippen LogP) is 2.04. The van der Waals surface area contributed by atoms with Gasteiger partial charge in [-0.2, -0.15) is 0 Å². The van der Waals surface area contributed by atoms with E-state index < -0.39 is 10.0 Å². The molecule has 1 aliphatic heterocycles. The molecule has 0 spiro atoms. The molecule has 0 N–H and O–H groups in total. The van der Waals surface area contributed by atoms with Crippen molar-refractivity contribution >= 4 is 15.9 Å². The first-order valence-electron chi connectivity index (χ1n) is 8.80. The van der Waals surface area contributed by atoms with Crippen LogP contribution in [0, 0.1) is 0 Å². The lowest BCUT2D eigenvalue weighted by atomic mass is 10.00. The smallest absolute Gasteiger partial charge is 0.260 e. The van der Waals surface area contributed by atoms with E-state index in [1.54, 1.807) is 24.3 Å². The minimum absolute atomic E-state index is 0.00917. The zero-order valence-corrected chi connectivity index (χ0v) is 16.4. The highest BCUT2D eigenvalue weighted by atomic mass is 32.2. The highest BCUT2D eigenvalue weighted by Crippen LogP contribution is 2.19. The van der Waals surface area contributed by atoms with Crippen molar-refractivity contribution in [1.29, 1.82) is 0 Å². The molecular formula is C20H24N2O4S. The first kappa shape index (κ1) is 19.4. The van der Waals surface area contributed by atoms with E-state index in [2.05, 4.69) is 12.1 Å². The molecule has 0 aromatic heterocycles. The van der Waals surface area contributed by atoms with E-state index in [0.717, 1.165) is 12.0 Å². The Morgan fingerprint density at radius 1 is 1.11 bits per heavy atom. The number of rotatable bonds is 6. The Morgan fingerprint density at radius 3 is 2.44 bits per heavy atom. The third-order valence-corrected chi connectivity index (χ3v) is 6.00. The normalized spacial score (nSPS) is 14.1. The van der Waals surface area contributed by atoms with Crippen LogP contribution >= 0.6 is 0 Å². The second-order valence-electron chi connectivity index (χ2n) is 6.79. The topological polar surface area (TPSA) is 66.9 Å². The molecule has 1 amide bonds. The molecule has 1 aliphatic rings. The van der Waals surface area contributed by atoms with Crippen molar-refractivity contribution < 1.29 is 17.9 Å². The van der Waals surface area contributed by atoms with Crippen molar-refractivity contribution in [2.75, 3.05) is 26.5 Å². The summed E-state index contributed by atoms with van der Waals surface area (Å²) in [6.45, 7) is 1.61. The molecule has 1 heterocycles. The first-order valence-corrected chi connectivity index (χ1v) is 10.7. The average Bonchev–Trinajstić information content (AvgIpc) is 2.66. The molecule has 0 bridgehead atoms. The Hall–Kier alpha value is -2.38. The predicted molar refractivity (Wildman–Crippen MR) is 104 cm³/mol. The quantitative estimate of drug-likeness (QED) is 0.760. The Kier molecular flexibility index (Phi) is 5.82. The largest absolute Gasteiger partial charge is 0.484 e. The third-order valence-electron chi connectivity index (χ3n) is 4.74. The second-order valence-corrected chi connectivity index (χ2v) is 8.88. The molecule has 7 heteroatoms. The van der Waals surface area contributed by atoms with Crippen LogP contribution in [0.25, 0.3) is 0 Å². The van der Waals surface area contributed by atoms with Gasteiger partial charge in [-0.3, -0.25) is 4.79 Å². The van der Waals surface area contributed by atoms with Crippen LogP contribution in [0.3, 0.4) is 0 Å². The van der Waals surface area contributed by atoms with E-state index in [4.69, 9.17) is 4.74 Å². The van der Waals surface area contributed by atoms with Crippen LogP contribution in [0.5, 0.6) is 5.75 Å². The number of nitrogens with zero attached hydrogens (tertiary/aromatic N) is 2. The van der Waals surface area contributed by atoms with E-state index in [9.17, 15) is 13.2 Å². The minimum atomic E-state index is -3.21. The van der Waals surface area contributed by atoms with Crippen LogP contribution in [-0.2, 0) is 34.3 Å². The van der Waals surface area contributed by atoms with Gasteiger partial charge in [0.2, 0.25) is 10.0 Å². The van der Waals surface area contributed by atoms with Crippen molar-refractivity contribution in [2.24, 2.45) is 0 Å². The fraction of sp³-hybridized carbons (Fsp3) is 0.350. The lowest BCUT2D eigenvalue weighted by Crippen LogP contribution is -2.38. The van der Waals surface area contributed by atoms with Crippen molar-refractivity contribution in [3.8, 4) is 5.75 Å². The first-order chi connectivity index (χ1) is 12.8. The van der Waals surface area contributed by atoms with E-state index >= 15 is 0 Å². The number of sulfonamides is 1. The molecule has 2 aromatic rings. The summed E-state index contributed by atoms with van der Waals surface area (Å²) in [5.41, 5.74) is 3.35. The van der Waals surface area contributed by atoms with Crippen LogP contribution in [-0.4, -0.2) is 50.0 Å². The zero-order chi connectivity index (χ0) is 19.4. The SMILES string of the molecule is CN(Cc1ccc(OCC(=O)N2CCc3ccccc3C2)cc1)S(C)(=O)=O. The average molecular weight is 388 g/mol. The molecule has 6 nitrogen and oxygen atoms in total. The van der Waals surface area contributed by atoms with Crippen LogP contribution in [0.15, 0.2) is 48.5 Å². The van der Waals surface area contributed by atoms with Gasteiger partial charge in [0.1, 0.15) is 5.75 Å².